The summed E-state index contributed by atoms with van der Waals surface area (Å²) in [7, 11) is 0. The van der Waals surface area contributed by atoms with E-state index in [-0.39, 0.29) is 24.0 Å². The van der Waals surface area contributed by atoms with Crippen molar-refractivity contribution in [1.82, 2.24) is 9.97 Å². The maximum atomic E-state index is 13.1. The van der Waals surface area contributed by atoms with Gasteiger partial charge in [-0.15, -0.1) is 0 Å². The standard InChI is InChI=1S/C15H15F2N5O/c1-2-10-6-20-15(21-7-10)23-9-12(22-18)8-19-11-3-4-13(16)14(17)5-11/h3-8H,2,9,18H2,1H3. The monoisotopic (exact) mass is 319 g/mol. The Morgan fingerprint density at radius 1 is 1.26 bits per heavy atom. The van der Waals surface area contributed by atoms with Gasteiger partial charge in [0.15, 0.2) is 11.6 Å². The van der Waals surface area contributed by atoms with Gasteiger partial charge in [-0.05, 0) is 24.1 Å². The third-order valence-corrected chi connectivity index (χ3v) is 2.87. The average Bonchev–Trinajstić information content (AvgIpc) is 2.58. The lowest BCUT2D eigenvalue weighted by molar-refractivity contribution is 0.346. The largest absolute Gasteiger partial charge is 0.457 e. The Kier molecular flexibility index (Phi) is 5.67. The Bertz CT molecular complexity index is 716. The van der Waals surface area contributed by atoms with Gasteiger partial charge in [-0.3, -0.25) is 4.99 Å². The van der Waals surface area contributed by atoms with E-state index in [4.69, 9.17) is 10.6 Å². The molecule has 0 unspecified atom stereocenters. The van der Waals surface area contributed by atoms with Crippen molar-refractivity contribution in [3.63, 3.8) is 0 Å². The Labute approximate surface area is 131 Å². The lowest BCUT2D eigenvalue weighted by Gasteiger charge is -2.04. The predicted molar refractivity (Wildman–Crippen MR) is 83.0 cm³/mol. The molecule has 0 atom stereocenters. The Hall–Kier alpha value is -2.90. The third-order valence-electron chi connectivity index (χ3n) is 2.87. The van der Waals surface area contributed by atoms with Crippen LogP contribution in [-0.2, 0) is 6.42 Å². The minimum atomic E-state index is -0.980. The zero-order valence-corrected chi connectivity index (χ0v) is 12.4. The topological polar surface area (TPSA) is 85.8 Å². The van der Waals surface area contributed by atoms with Crippen LogP contribution in [0.25, 0.3) is 0 Å². The van der Waals surface area contributed by atoms with Gasteiger partial charge in [0.25, 0.3) is 0 Å². The first-order valence-corrected chi connectivity index (χ1v) is 6.82. The van der Waals surface area contributed by atoms with Crippen LogP contribution in [0.15, 0.2) is 40.7 Å². The number of aliphatic imine (C=N–C) groups is 1. The van der Waals surface area contributed by atoms with Crippen molar-refractivity contribution in [3.8, 4) is 6.01 Å². The molecular weight excluding hydrogens is 304 g/mol. The zero-order valence-electron chi connectivity index (χ0n) is 12.4. The molecule has 1 aromatic carbocycles. The van der Waals surface area contributed by atoms with E-state index in [0.29, 0.717) is 0 Å². The Balaban J connectivity index is 1.96. The molecule has 23 heavy (non-hydrogen) atoms. The number of nitrogens with zero attached hydrogens (tertiary/aromatic N) is 4. The summed E-state index contributed by atoms with van der Waals surface area (Å²) in [6, 6.07) is 3.47. The SMILES string of the molecule is CCc1cnc(OCC(C=Nc2ccc(F)c(F)c2)=NN)nc1. The van der Waals surface area contributed by atoms with Crippen molar-refractivity contribution in [1.29, 1.82) is 0 Å². The van der Waals surface area contributed by atoms with Gasteiger partial charge in [-0.2, -0.15) is 5.10 Å². The molecule has 2 rings (SSSR count). The molecule has 0 spiro atoms. The van der Waals surface area contributed by atoms with Crippen molar-refractivity contribution >= 4 is 17.6 Å². The molecule has 2 aromatic rings. The van der Waals surface area contributed by atoms with E-state index in [0.717, 1.165) is 24.1 Å². The molecule has 1 aromatic heterocycles. The van der Waals surface area contributed by atoms with E-state index in [1.165, 1.54) is 12.3 Å². The van der Waals surface area contributed by atoms with Gasteiger partial charge in [0.1, 0.15) is 12.3 Å². The van der Waals surface area contributed by atoms with Crippen LogP contribution in [0.4, 0.5) is 14.5 Å². The minimum absolute atomic E-state index is 0.00481. The first-order valence-electron chi connectivity index (χ1n) is 6.82. The molecule has 0 saturated heterocycles. The van der Waals surface area contributed by atoms with Crippen LogP contribution in [0.2, 0.25) is 0 Å². The van der Waals surface area contributed by atoms with Gasteiger partial charge in [-0.25, -0.2) is 18.7 Å². The lowest BCUT2D eigenvalue weighted by atomic mass is 10.3. The van der Waals surface area contributed by atoms with Crippen LogP contribution >= 0.6 is 0 Å². The molecule has 0 amide bonds. The molecule has 6 nitrogen and oxygen atoms in total. The molecule has 0 aliphatic carbocycles. The second kappa shape index (κ2) is 7.92. The fraction of sp³-hybridized carbons (Fsp3) is 0.200. The van der Waals surface area contributed by atoms with Gasteiger partial charge >= 0.3 is 6.01 Å². The van der Waals surface area contributed by atoms with Crippen molar-refractivity contribution in [2.75, 3.05) is 6.61 Å². The van der Waals surface area contributed by atoms with Crippen LogP contribution in [-0.4, -0.2) is 28.5 Å². The first-order chi connectivity index (χ1) is 11.1. The first kappa shape index (κ1) is 16.5. The Morgan fingerprint density at radius 2 is 2.00 bits per heavy atom. The van der Waals surface area contributed by atoms with Gasteiger partial charge < -0.3 is 10.6 Å². The van der Waals surface area contributed by atoms with E-state index < -0.39 is 11.6 Å². The minimum Gasteiger partial charge on any atom is -0.457 e. The average molecular weight is 319 g/mol. The molecule has 0 bridgehead atoms. The fourth-order valence-corrected chi connectivity index (χ4v) is 1.56. The Morgan fingerprint density at radius 3 is 2.61 bits per heavy atom. The number of aryl methyl sites for hydroxylation is 1. The van der Waals surface area contributed by atoms with Gasteiger partial charge in [-0.1, -0.05) is 6.92 Å². The van der Waals surface area contributed by atoms with Crippen molar-refractivity contribution in [2.45, 2.75) is 13.3 Å². The molecule has 0 aliphatic rings. The van der Waals surface area contributed by atoms with Crippen LogP contribution in [0, 0.1) is 11.6 Å². The molecule has 2 N–H and O–H groups in total. The van der Waals surface area contributed by atoms with Crippen LogP contribution in [0.3, 0.4) is 0 Å². The van der Waals surface area contributed by atoms with E-state index in [1.807, 2.05) is 6.92 Å². The summed E-state index contributed by atoms with van der Waals surface area (Å²) in [5.74, 6) is 3.33. The van der Waals surface area contributed by atoms with Gasteiger partial charge in [0.2, 0.25) is 0 Å². The van der Waals surface area contributed by atoms with Crippen LogP contribution < -0.4 is 10.6 Å². The highest BCUT2D eigenvalue weighted by Gasteiger charge is 2.03. The number of hydrogen-bond acceptors (Lipinski definition) is 6. The van der Waals surface area contributed by atoms with E-state index in [2.05, 4.69) is 20.1 Å². The van der Waals surface area contributed by atoms with E-state index in [1.54, 1.807) is 12.4 Å². The molecule has 1 heterocycles. The summed E-state index contributed by atoms with van der Waals surface area (Å²) in [6.07, 6.45) is 5.46. The van der Waals surface area contributed by atoms with Crippen molar-refractivity contribution < 1.29 is 13.5 Å². The van der Waals surface area contributed by atoms with Gasteiger partial charge in [0, 0.05) is 18.5 Å². The number of ether oxygens (including phenoxy) is 1. The molecular formula is C15H15F2N5O. The van der Waals surface area contributed by atoms with Gasteiger partial charge in [0.05, 0.1) is 11.9 Å². The second-order valence-corrected chi connectivity index (χ2v) is 4.49. The van der Waals surface area contributed by atoms with Crippen LogP contribution in [0.5, 0.6) is 6.01 Å². The lowest BCUT2D eigenvalue weighted by Crippen LogP contribution is -2.16. The number of nitrogens with two attached hydrogens (primary N) is 1. The van der Waals surface area contributed by atoms with Crippen LogP contribution in [0.1, 0.15) is 12.5 Å². The maximum absolute atomic E-state index is 13.1. The molecule has 0 fully saturated rings. The number of hydrazone groups is 1. The summed E-state index contributed by atoms with van der Waals surface area (Å²) in [5, 5.41) is 3.51. The summed E-state index contributed by atoms with van der Waals surface area (Å²) in [5.41, 5.74) is 1.51. The third kappa shape index (κ3) is 4.80. The summed E-state index contributed by atoms with van der Waals surface area (Å²) in [4.78, 5) is 12.0. The number of benzene rings is 1. The highest BCUT2D eigenvalue weighted by molar-refractivity contribution is 6.31. The van der Waals surface area contributed by atoms with Crippen molar-refractivity contribution in [3.05, 3.63) is 47.8 Å². The normalized spacial score (nSPS) is 11.9. The number of aromatic nitrogens is 2. The van der Waals surface area contributed by atoms with Crippen molar-refractivity contribution in [2.24, 2.45) is 15.9 Å². The second-order valence-electron chi connectivity index (χ2n) is 4.49. The highest BCUT2D eigenvalue weighted by atomic mass is 19.2. The fourth-order valence-electron chi connectivity index (χ4n) is 1.56. The zero-order chi connectivity index (χ0) is 16.7. The number of hydrogen-bond donors (Lipinski definition) is 1. The number of rotatable bonds is 6. The quantitative estimate of drug-likeness (QED) is 0.503. The molecule has 0 saturated carbocycles. The summed E-state index contributed by atoms with van der Waals surface area (Å²) in [6.45, 7) is 1.99. The van der Waals surface area contributed by atoms with E-state index in [9.17, 15) is 8.78 Å². The molecule has 0 radical (unpaired) electrons. The smallest absolute Gasteiger partial charge is 0.316 e. The van der Waals surface area contributed by atoms with E-state index >= 15 is 0 Å². The summed E-state index contributed by atoms with van der Waals surface area (Å²) >= 11 is 0. The molecule has 8 heteroatoms. The molecule has 120 valence electrons. The molecule has 0 aliphatic heterocycles. The predicted octanol–water partition coefficient (Wildman–Crippen LogP) is 2.41. The summed E-state index contributed by atoms with van der Waals surface area (Å²) < 4.78 is 31.2. The maximum Gasteiger partial charge on any atom is 0.316 e. The highest BCUT2D eigenvalue weighted by Crippen LogP contribution is 2.15. The number of halogens is 2.